The van der Waals surface area contributed by atoms with Gasteiger partial charge in [-0.2, -0.15) is 0 Å². The van der Waals surface area contributed by atoms with E-state index in [1.54, 1.807) is 0 Å². The number of rotatable bonds is 5. The lowest BCUT2D eigenvalue weighted by atomic mass is 9.87. The molecular formula is C16H25NO2. The van der Waals surface area contributed by atoms with Crippen molar-refractivity contribution in [3.63, 3.8) is 0 Å². The molecule has 1 aromatic carbocycles. The average Bonchev–Trinajstić information content (AvgIpc) is 2.41. The first kappa shape index (κ1) is 14.2. The lowest BCUT2D eigenvalue weighted by Crippen LogP contribution is -2.26. The monoisotopic (exact) mass is 263 g/mol. The summed E-state index contributed by atoms with van der Waals surface area (Å²) in [5.74, 6) is 1.60. The Bertz CT molecular complexity index is 406. The minimum absolute atomic E-state index is 0.0198. The molecule has 106 valence electrons. The second kappa shape index (κ2) is 6.80. The van der Waals surface area contributed by atoms with E-state index in [1.807, 2.05) is 25.1 Å². The van der Waals surface area contributed by atoms with E-state index in [9.17, 15) is 5.11 Å². The van der Waals surface area contributed by atoms with Crippen LogP contribution in [0.25, 0.3) is 0 Å². The van der Waals surface area contributed by atoms with Gasteiger partial charge >= 0.3 is 0 Å². The zero-order valence-electron chi connectivity index (χ0n) is 12.0. The van der Waals surface area contributed by atoms with Gasteiger partial charge in [0.05, 0.1) is 13.2 Å². The molecule has 19 heavy (non-hydrogen) atoms. The Labute approximate surface area is 116 Å². The molecule has 1 saturated carbocycles. The van der Waals surface area contributed by atoms with E-state index in [1.165, 1.54) is 25.7 Å². The number of hydrogen-bond donors (Lipinski definition) is 2. The molecule has 0 aromatic heterocycles. The molecule has 1 aromatic rings. The van der Waals surface area contributed by atoms with Gasteiger partial charge in [-0.05, 0) is 43.9 Å². The molecule has 0 amide bonds. The molecule has 0 spiro atoms. The van der Waals surface area contributed by atoms with E-state index in [0.717, 1.165) is 22.9 Å². The number of hydrogen-bond acceptors (Lipinski definition) is 3. The van der Waals surface area contributed by atoms with Gasteiger partial charge in [0.1, 0.15) is 5.75 Å². The van der Waals surface area contributed by atoms with Crippen molar-refractivity contribution in [2.24, 2.45) is 5.92 Å². The number of nitrogens with one attached hydrogen (secondary N) is 1. The van der Waals surface area contributed by atoms with Crippen molar-refractivity contribution in [1.29, 1.82) is 0 Å². The lowest BCUT2D eigenvalue weighted by Gasteiger charge is -2.28. The van der Waals surface area contributed by atoms with E-state index >= 15 is 0 Å². The standard InChI is InChI=1S/C16H25NO2/c1-3-19-16-8-7-15(10-13(16)11-18)17-14-6-4-5-12(2)9-14/h7-8,10,12,14,17-18H,3-6,9,11H2,1-2H3. The molecule has 2 unspecified atom stereocenters. The predicted octanol–water partition coefficient (Wildman–Crippen LogP) is 3.57. The minimum atomic E-state index is 0.0198. The van der Waals surface area contributed by atoms with Gasteiger partial charge in [0.2, 0.25) is 0 Å². The van der Waals surface area contributed by atoms with Gasteiger partial charge in [-0.15, -0.1) is 0 Å². The maximum atomic E-state index is 9.41. The van der Waals surface area contributed by atoms with Crippen molar-refractivity contribution in [2.75, 3.05) is 11.9 Å². The average molecular weight is 263 g/mol. The minimum Gasteiger partial charge on any atom is -0.494 e. The lowest BCUT2D eigenvalue weighted by molar-refractivity contribution is 0.267. The summed E-state index contributed by atoms with van der Waals surface area (Å²) >= 11 is 0. The first-order valence-electron chi connectivity index (χ1n) is 7.36. The molecule has 0 heterocycles. The maximum absolute atomic E-state index is 9.41. The molecular weight excluding hydrogens is 238 g/mol. The van der Waals surface area contributed by atoms with Crippen molar-refractivity contribution in [2.45, 2.75) is 52.2 Å². The highest BCUT2D eigenvalue weighted by Gasteiger charge is 2.18. The largest absolute Gasteiger partial charge is 0.494 e. The van der Waals surface area contributed by atoms with Crippen LogP contribution in [0.5, 0.6) is 5.75 Å². The number of ether oxygens (including phenoxy) is 1. The smallest absolute Gasteiger partial charge is 0.124 e. The van der Waals surface area contributed by atoms with Gasteiger partial charge in [0, 0.05) is 17.3 Å². The Hall–Kier alpha value is -1.22. The van der Waals surface area contributed by atoms with Crippen LogP contribution in [-0.4, -0.2) is 17.8 Å². The van der Waals surface area contributed by atoms with Gasteiger partial charge in [-0.1, -0.05) is 19.8 Å². The molecule has 2 rings (SSSR count). The highest BCUT2D eigenvalue weighted by atomic mass is 16.5. The predicted molar refractivity (Wildman–Crippen MR) is 78.6 cm³/mol. The summed E-state index contributed by atoms with van der Waals surface area (Å²) in [4.78, 5) is 0. The quantitative estimate of drug-likeness (QED) is 0.853. The number of anilines is 1. The molecule has 2 atom stereocenters. The van der Waals surface area contributed by atoms with E-state index < -0.39 is 0 Å². The van der Waals surface area contributed by atoms with Crippen LogP contribution in [0, 0.1) is 5.92 Å². The van der Waals surface area contributed by atoms with Crippen LogP contribution in [0.4, 0.5) is 5.69 Å². The van der Waals surface area contributed by atoms with Crippen molar-refractivity contribution in [3.05, 3.63) is 23.8 Å². The molecule has 0 aliphatic heterocycles. The molecule has 2 N–H and O–H groups in total. The third kappa shape index (κ3) is 3.87. The molecule has 3 nitrogen and oxygen atoms in total. The Balaban J connectivity index is 2.04. The summed E-state index contributed by atoms with van der Waals surface area (Å²) < 4.78 is 5.50. The number of aliphatic hydroxyl groups is 1. The molecule has 1 aliphatic rings. The highest BCUT2D eigenvalue weighted by molar-refractivity contribution is 5.51. The van der Waals surface area contributed by atoms with Crippen molar-refractivity contribution in [1.82, 2.24) is 0 Å². The van der Waals surface area contributed by atoms with Gasteiger partial charge in [-0.25, -0.2) is 0 Å². The van der Waals surface area contributed by atoms with Crippen LogP contribution in [0.15, 0.2) is 18.2 Å². The second-order valence-electron chi connectivity index (χ2n) is 5.53. The third-order valence-electron chi connectivity index (χ3n) is 3.84. The Morgan fingerprint density at radius 2 is 2.21 bits per heavy atom. The summed E-state index contributed by atoms with van der Waals surface area (Å²) in [6.07, 6.45) is 5.14. The topological polar surface area (TPSA) is 41.5 Å². The van der Waals surface area contributed by atoms with Crippen molar-refractivity contribution < 1.29 is 9.84 Å². The van der Waals surface area contributed by atoms with Gasteiger partial charge in [0.25, 0.3) is 0 Å². The molecule has 0 saturated heterocycles. The Morgan fingerprint density at radius 3 is 2.89 bits per heavy atom. The van der Waals surface area contributed by atoms with E-state index in [4.69, 9.17) is 4.74 Å². The van der Waals surface area contributed by atoms with Crippen LogP contribution < -0.4 is 10.1 Å². The highest BCUT2D eigenvalue weighted by Crippen LogP contribution is 2.28. The molecule has 0 bridgehead atoms. The Morgan fingerprint density at radius 1 is 1.37 bits per heavy atom. The number of benzene rings is 1. The fourth-order valence-corrected chi connectivity index (χ4v) is 2.89. The molecule has 3 heteroatoms. The summed E-state index contributed by atoms with van der Waals surface area (Å²) in [5.41, 5.74) is 1.95. The van der Waals surface area contributed by atoms with Crippen LogP contribution in [0.3, 0.4) is 0 Å². The van der Waals surface area contributed by atoms with Crippen LogP contribution in [0.1, 0.15) is 45.1 Å². The Kier molecular flexibility index (Phi) is 5.08. The van der Waals surface area contributed by atoms with Crippen LogP contribution >= 0.6 is 0 Å². The fraction of sp³-hybridized carbons (Fsp3) is 0.625. The summed E-state index contributed by atoms with van der Waals surface area (Å²) in [6, 6.07) is 6.56. The fourth-order valence-electron chi connectivity index (χ4n) is 2.89. The van der Waals surface area contributed by atoms with Crippen LogP contribution in [0.2, 0.25) is 0 Å². The van der Waals surface area contributed by atoms with Crippen LogP contribution in [-0.2, 0) is 6.61 Å². The molecule has 0 radical (unpaired) electrons. The maximum Gasteiger partial charge on any atom is 0.124 e. The third-order valence-corrected chi connectivity index (χ3v) is 3.84. The number of aliphatic hydroxyl groups excluding tert-OH is 1. The van der Waals surface area contributed by atoms with E-state index in [-0.39, 0.29) is 6.61 Å². The van der Waals surface area contributed by atoms with Crippen molar-refractivity contribution in [3.8, 4) is 5.75 Å². The van der Waals surface area contributed by atoms with Crippen molar-refractivity contribution >= 4 is 5.69 Å². The summed E-state index contributed by atoms with van der Waals surface area (Å²) in [6.45, 7) is 4.92. The normalized spacial score (nSPS) is 23.1. The van der Waals surface area contributed by atoms with E-state index in [2.05, 4.69) is 12.2 Å². The summed E-state index contributed by atoms with van der Waals surface area (Å²) in [7, 11) is 0. The van der Waals surface area contributed by atoms with E-state index in [0.29, 0.717) is 12.6 Å². The SMILES string of the molecule is CCOc1ccc(NC2CCCC(C)C2)cc1CO. The second-order valence-corrected chi connectivity index (χ2v) is 5.53. The molecule has 1 fully saturated rings. The van der Waals surface area contributed by atoms with Gasteiger partial charge in [-0.3, -0.25) is 0 Å². The zero-order valence-corrected chi connectivity index (χ0v) is 12.0. The first-order valence-corrected chi connectivity index (χ1v) is 7.36. The van der Waals surface area contributed by atoms with Gasteiger partial charge in [0.15, 0.2) is 0 Å². The first-order chi connectivity index (χ1) is 9.22. The molecule has 1 aliphatic carbocycles. The summed E-state index contributed by atoms with van der Waals surface area (Å²) in [5, 5.41) is 13.0. The zero-order chi connectivity index (χ0) is 13.7. The van der Waals surface area contributed by atoms with Gasteiger partial charge < -0.3 is 15.2 Å².